The number of rotatable bonds is 0. The number of esters is 1. The summed E-state index contributed by atoms with van der Waals surface area (Å²) in [6.45, 7) is 4.40. The van der Waals surface area contributed by atoms with E-state index >= 15 is 0 Å². The molecule has 18 heavy (non-hydrogen) atoms. The van der Waals surface area contributed by atoms with Crippen LogP contribution in [0.4, 0.5) is 0 Å². The van der Waals surface area contributed by atoms with Gasteiger partial charge in [0.1, 0.15) is 6.10 Å². The maximum absolute atomic E-state index is 12.6. The first-order valence-electron chi connectivity index (χ1n) is 7.11. The molecule has 2 spiro atoms. The van der Waals surface area contributed by atoms with Crippen LogP contribution in [-0.2, 0) is 14.3 Å². The van der Waals surface area contributed by atoms with E-state index in [1.165, 1.54) is 0 Å². The predicted molar refractivity (Wildman–Crippen MR) is 63.7 cm³/mol. The van der Waals surface area contributed by atoms with Gasteiger partial charge in [0.25, 0.3) is 0 Å². The maximum Gasteiger partial charge on any atom is 0.313 e. The molecule has 2 saturated carbocycles. The van der Waals surface area contributed by atoms with Gasteiger partial charge in [-0.2, -0.15) is 0 Å². The van der Waals surface area contributed by atoms with Crippen molar-refractivity contribution in [3.05, 3.63) is 12.2 Å². The molecule has 96 valence electrons. The van der Waals surface area contributed by atoms with Gasteiger partial charge in [0.15, 0.2) is 0 Å². The molecule has 0 radical (unpaired) electrons. The highest BCUT2D eigenvalue weighted by Gasteiger charge is 2.82. The lowest BCUT2D eigenvalue weighted by Gasteiger charge is -2.60. The van der Waals surface area contributed by atoms with Crippen LogP contribution in [0.5, 0.6) is 0 Å². The highest BCUT2D eigenvalue weighted by atomic mass is 16.6. The van der Waals surface area contributed by atoms with Crippen LogP contribution in [0.1, 0.15) is 33.1 Å². The van der Waals surface area contributed by atoms with Crippen LogP contribution in [-0.4, -0.2) is 23.8 Å². The van der Waals surface area contributed by atoms with Crippen molar-refractivity contribution in [1.82, 2.24) is 0 Å². The first kappa shape index (κ1) is 10.0. The van der Waals surface area contributed by atoms with Crippen molar-refractivity contribution in [3.63, 3.8) is 0 Å². The highest BCUT2D eigenvalue weighted by Crippen LogP contribution is 2.77. The van der Waals surface area contributed by atoms with Crippen LogP contribution in [0.2, 0.25) is 0 Å². The molecular weight excluding hydrogens is 228 g/mol. The number of hydrogen-bond donors (Lipinski definition) is 0. The molecule has 3 heteroatoms. The predicted octanol–water partition coefficient (Wildman–Crippen LogP) is 2.06. The molecule has 0 N–H and O–H groups in total. The molecule has 3 aliphatic heterocycles. The van der Waals surface area contributed by atoms with Crippen LogP contribution in [0, 0.1) is 22.7 Å². The molecule has 2 saturated heterocycles. The quantitative estimate of drug-likeness (QED) is 0.485. The molecule has 3 aliphatic carbocycles. The Bertz CT molecular complexity index is 512. The molecule has 0 amide bonds. The standard InChI is InChI=1S/C15H18O3/c1-8-5-10-9-6-11-14(8)4-3-13(2,18-11)7-15(9,14)12(16)17-10/h3-4,8-11H,5-7H2,1-2H3. The van der Waals surface area contributed by atoms with E-state index in [1.807, 2.05) is 0 Å². The van der Waals surface area contributed by atoms with Gasteiger partial charge in [-0.15, -0.1) is 0 Å². The zero-order valence-corrected chi connectivity index (χ0v) is 10.8. The second-order valence-electron chi connectivity index (χ2n) is 7.26. The Labute approximate surface area is 107 Å². The van der Waals surface area contributed by atoms with Gasteiger partial charge in [-0.3, -0.25) is 4.79 Å². The summed E-state index contributed by atoms with van der Waals surface area (Å²) in [7, 11) is 0. The van der Waals surface area contributed by atoms with Gasteiger partial charge >= 0.3 is 5.97 Å². The van der Waals surface area contributed by atoms with Gasteiger partial charge in [-0.1, -0.05) is 19.1 Å². The second kappa shape index (κ2) is 2.43. The summed E-state index contributed by atoms with van der Waals surface area (Å²) in [4.78, 5) is 12.6. The minimum absolute atomic E-state index is 0.0699. The Balaban J connectivity index is 1.87. The van der Waals surface area contributed by atoms with E-state index in [9.17, 15) is 4.79 Å². The SMILES string of the molecule is CC1CC2OC(=O)C34CC5(C)C=CC13C(CC24)O5. The lowest BCUT2D eigenvalue weighted by molar-refractivity contribution is -0.211. The summed E-state index contributed by atoms with van der Waals surface area (Å²) in [5.74, 6) is 0.958. The molecule has 0 aromatic heterocycles. The van der Waals surface area contributed by atoms with Crippen LogP contribution in [0.25, 0.3) is 0 Å². The van der Waals surface area contributed by atoms with Crippen molar-refractivity contribution in [2.75, 3.05) is 0 Å². The Morgan fingerprint density at radius 2 is 2.17 bits per heavy atom. The fourth-order valence-corrected chi connectivity index (χ4v) is 6.13. The fraction of sp³-hybridized carbons (Fsp3) is 0.800. The first-order valence-corrected chi connectivity index (χ1v) is 7.11. The number of ether oxygens (including phenoxy) is 2. The third kappa shape index (κ3) is 0.696. The maximum atomic E-state index is 12.6. The monoisotopic (exact) mass is 246 g/mol. The van der Waals surface area contributed by atoms with E-state index in [0.29, 0.717) is 11.8 Å². The molecule has 6 bridgehead atoms. The van der Waals surface area contributed by atoms with E-state index in [4.69, 9.17) is 9.47 Å². The second-order valence-corrected chi connectivity index (χ2v) is 7.26. The summed E-state index contributed by atoms with van der Waals surface area (Å²) in [5.41, 5.74) is -0.576. The van der Waals surface area contributed by atoms with Crippen molar-refractivity contribution in [3.8, 4) is 0 Å². The van der Waals surface area contributed by atoms with Gasteiger partial charge in [0, 0.05) is 11.3 Å². The average Bonchev–Trinajstić information content (AvgIpc) is 2.56. The van der Waals surface area contributed by atoms with Gasteiger partial charge in [0.2, 0.25) is 0 Å². The lowest BCUT2D eigenvalue weighted by Crippen LogP contribution is -2.64. The minimum Gasteiger partial charge on any atom is -0.462 e. The molecule has 4 fully saturated rings. The van der Waals surface area contributed by atoms with Gasteiger partial charge in [0.05, 0.1) is 17.1 Å². The Hall–Kier alpha value is -0.830. The van der Waals surface area contributed by atoms with Crippen molar-refractivity contribution in [2.24, 2.45) is 22.7 Å². The summed E-state index contributed by atoms with van der Waals surface area (Å²) >= 11 is 0. The molecule has 6 rings (SSSR count). The molecule has 6 aliphatic rings. The van der Waals surface area contributed by atoms with Gasteiger partial charge in [-0.25, -0.2) is 0 Å². The van der Waals surface area contributed by atoms with Crippen molar-refractivity contribution in [2.45, 2.75) is 50.9 Å². The van der Waals surface area contributed by atoms with E-state index in [-0.39, 0.29) is 34.6 Å². The molecule has 7 unspecified atom stereocenters. The molecule has 3 heterocycles. The summed E-state index contributed by atoms with van der Waals surface area (Å²) < 4.78 is 12.1. The first-order chi connectivity index (χ1) is 8.52. The molecular formula is C15H18O3. The zero-order valence-electron chi connectivity index (χ0n) is 10.8. The Morgan fingerprint density at radius 3 is 3.00 bits per heavy atom. The number of carbonyl (C=O) groups excluding carboxylic acids is 1. The normalized spacial score (nSPS) is 66.4. The topological polar surface area (TPSA) is 35.5 Å². The van der Waals surface area contributed by atoms with E-state index in [1.54, 1.807) is 0 Å². The largest absolute Gasteiger partial charge is 0.462 e. The van der Waals surface area contributed by atoms with E-state index in [0.717, 1.165) is 19.3 Å². The average molecular weight is 246 g/mol. The van der Waals surface area contributed by atoms with Crippen LogP contribution in [0.15, 0.2) is 12.2 Å². The zero-order chi connectivity index (χ0) is 12.3. The van der Waals surface area contributed by atoms with Crippen molar-refractivity contribution < 1.29 is 14.3 Å². The Morgan fingerprint density at radius 1 is 1.33 bits per heavy atom. The molecule has 0 aromatic carbocycles. The van der Waals surface area contributed by atoms with Crippen molar-refractivity contribution in [1.29, 1.82) is 0 Å². The summed E-state index contributed by atoms with van der Waals surface area (Å²) in [6, 6.07) is 0. The molecule has 3 nitrogen and oxygen atoms in total. The summed E-state index contributed by atoms with van der Waals surface area (Å²) in [6.07, 6.45) is 7.79. The smallest absolute Gasteiger partial charge is 0.313 e. The van der Waals surface area contributed by atoms with Crippen LogP contribution >= 0.6 is 0 Å². The fourth-order valence-electron chi connectivity index (χ4n) is 6.13. The van der Waals surface area contributed by atoms with Crippen LogP contribution < -0.4 is 0 Å². The third-order valence-electron chi connectivity index (χ3n) is 6.63. The number of carbonyl (C=O) groups is 1. The highest BCUT2D eigenvalue weighted by molar-refractivity contribution is 5.84. The van der Waals surface area contributed by atoms with E-state index in [2.05, 4.69) is 26.0 Å². The van der Waals surface area contributed by atoms with Crippen molar-refractivity contribution >= 4 is 5.97 Å². The lowest BCUT2D eigenvalue weighted by atomic mass is 9.46. The van der Waals surface area contributed by atoms with Gasteiger partial charge < -0.3 is 9.47 Å². The van der Waals surface area contributed by atoms with E-state index < -0.39 is 0 Å². The Kier molecular flexibility index (Phi) is 1.35. The molecule has 0 aromatic rings. The molecule has 7 atom stereocenters. The number of hydrogen-bond acceptors (Lipinski definition) is 3. The minimum atomic E-state index is -0.262. The summed E-state index contributed by atoms with van der Waals surface area (Å²) in [5, 5.41) is 0. The van der Waals surface area contributed by atoms with Gasteiger partial charge in [-0.05, 0) is 32.1 Å². The third-order valence-corrected chi connectivity index (χ3v) is 6.63. The van der Waals surface area contributed by atoms with Crippen LogP contribution in [0.3, 0.4) is 0 Å².